The van der Waals surface area contributed by atoms with Crippen LogP contribution in [0.2, 0.25) is 0 Å². The molecule has 4 nitrogen and oxygen atoms in total. The molecule has 0 heterocycles. The Morgan fingerprint density at radius 3 is 1.55 bits per heavy atom. The molecule has 0 atom stereocenters. The van der Waals surface area contributed by atoms with Crippen LogP contribution in [0.1, 0.15) is 13.8 Å². The van der Waals surface area contributed by atoms with Crippen LogP contribution in [-0.2, 0) is 0 Å². The lowest BCUT2D eigenvalue weighted by atomic mass is 9.80. The van der Waals surface area contributed by atoms with Crippen molar-refractivity contribution in [3.63, 3.8) is 0 Å². The van der Waals surface area contributed by atoms with Crippen LogP contribution in [0.15, 0.2) is 48.5 Å². The largest absolute Gasteiger partial charge is 0.497 e. The topological polar surface area (TPSA) is 58.9 Å². The highest BCUT2D eigenvalue weighted by atomic mass is 16.5. The Balaban J connectivity index is 0.000000956. The van der Waals surface area contributed by atoms with Crippen molar-refractivity contribution in [2.45, 2.75) is 13.8 Å². The fraction of sp³-hybridized carbons (Fsp3) is 0.200. The van der Waals surface area contributed by atoms with Crippen LogP contribution >= 0.6 is 0 Å². The van der Waals surface area contributed by atoms with Crippen LogP contribution in [-0.4, -0.2) is 24.3 Å². The summed E-state index contributed by atoms with van der Waals surface area (Å²) in [7, 11) is 0.148. The molecule has 0 saturated carbocycles. The van der Waals surface area contributed by atoms with Gasteiger partial charge in [0.15, 0.2) is 0 Å². The molecule has 2 N–H and O–H groups in total. The number of hydrogen-bond donors (Lipinski definition) is 2. The maximum atomic E-state index is 8.96. The molecule has 5 heteroatoms. The van der Waals surface area contributed by atoms with E-state index in [0.29, 0.717) is 17.0 Å². The van der Waals surface area contributed by atoms with Gasteiger partial charge in [0, 0.05) is 0 Å². The quantitative estimate of drug-likeness (QED) is 0.839. The smallest absolute Gasteiger partial charge is 0.488 e. The van der Waals surface area contributed by atoms with E-state index in [-0.39, 0.29) is 0 Å². The van der Waals surface area contributed by atoms with Gasteiger partial charge in [-0.15, -0.1) is 0 Å². The van der Waals surface area contributed by atoms with Gasteiger partial charge >= 0.3 is 7.12 Å². The first-order chi connectivity index (χ1) is 9.69. The Morgan fingerprint density at radius 2 is 1.15 bits per heavy atom. The lowest BCUT2D eigenvalue weighted by Crippen LogP contribution is -2.29. The van der Waals surface area contributed by atoms with E-state index in [1.807, 2.05) is 13.8 Å². The average molecular weight is 274 g/mol. The van der Waals surface area contributed by atoms with E-state index in [1.54, 1.807) is 55.6 Å². The lowest BCUT2D eigenvalue weighted by Gasteiger charge is -2.07. The molecule has 0 aromatic heterocycles. The van der Waals surface area contributed by atoms with E-state index in [4.69, 9.17) is 19.5 Å². The predicted molar refractivity (Wildman–Crippen MR) is 80.7 cm³/mol. The summed E-state index contributed by atoms with van der Waals surface area (Å²) in [5.74, 6) is 2.08. The summed E-state index contributed by atoms with van der Waals surface area (Å²) in [6, 6.07) is 13.8. The Bertz CT molecular complexity index is 494. The van der Waals surface area contributed by atoms with Gasteiger partial charge in [0.05, 0.1) is 7.11 Å². The molecule has 0 unspecified atom stereocenters. The van der Waals surface area contributed by atoms with E-state index >= 15 is 0 Å². The Kier molecular flexibility index (Phi) is 6.63. The standard InChI is InChI=1S/C13H13BO4.C2H6/c1-17-11-6-8-13(9-7-11)18-12-4-2-10(3-5-12)14(15)16;1-2/h2-9,15-16H,1H3;1-2H3. The summed E-state index contributed by atoms with van der Waals surface area (Å²) in [5, 5.41) is 17.9. The highest BCUT2D eigenvalue weighted by molar-refractivity contribution is 6.58. The van der Waals surface area contributed by atoms with Crippen molar-refractivity contribution in [2.24, 2.45) is 0 Å². The highest BCUT2D eigenvalue weighted by Crippen LogP contribution is 2.22. The Hall–Kier alpha value is -1.98. The van der Waals surface area contributed by atoms with Gasteiger partial charge in [-0.1, -0.05) is 26.0 Å². The van der Waals surface area contributed by atoms with Crippen molar-refractivity contribution in [3.05, 3.63) is 48.5 Å². The van der Waals surface area contributed by atoms with Crippen LogP contribution in [0.5, 0.6) is 17.2 Å². The SMILES string of the molecule is CC.COc1ccc(Oc2ccc(B(O)O)cc2)cc1. The number of rotatable bonds is 4. The molecule has 0 bridgehead atoms. The molecule has 0 saturated heterocycles. The van der Waals surface area contributed by atoms with Gasteiger partial charge in [0.1, 0.15) is 17.2 Å². The highest BCUT2D eigenvalue weighted by Gasteiger charge is 2.10. The number of hydrogen-bond acceptors (Lipinski definition) is 4. The predicted octanol–water partition coefficient (Wildman–Crippen LogP) is 2.19. The molecular weight excluding hydrogens is 255 g/mol. The Labute approximate surface area is 119 Å². The van der Waals surface area contributed by atoms with Gasteiger partial charge < -0.3 is 19.5 Å². The van der Waals surface area contributed by atoms with Gasteiger partial charge in [0.25, 0.3) is 0 Å². The molecule has 0 radical (unpaired) electrons. The molecule has 0 fully saturated rings. The third kappa shape index (κ3) is 4.61. The summed E-state index contributed by atoms with van der Waals surface area (Å²) < 4.78 is 10.6. The third-order valence-corrected chi connectivity index (χ3v) is 2.47. The number of benzene rings is 2. The van der Waals surface area contributed by atoms with Crippen molar-refractivity contribution < 1.29 is 19.5 Å². The maximum Gasteiger partial charge on any atom is 0.488 e. The molecule has 2 aromatic carbocycles. The normalized spacial score (nSPS) is 9.25. The van der Waals surface area contributed by atoms with Crippen molar-refractivity contribution in [1.82, 2.24) is 0 Å². The third-order valence-electron chi connectivity index (χ3n) is 2.47. The van der Waals surface area contributed by atoms with E-state index in [0.717, 1.165) is 5.75 Å². The molecule has 20 heavy (non-hydrogen) atoms. The van der Waals surface area contributed by atoms with Gasteiger partial charge in [-0.05, 0) is 41.9 Å². The summed E-state index contributed by atoms with van der Waals surface area (Å²) in [5.41, 5.74) is 0.428. The minimum atomic E-state index is -1.46. The average Bonchev–Trinajstić information content (AvgIpc) is 2.50. The van der Waals surface area contributed by atoms with Gasteiger partial charge in [-0.3, -0.25) is 0 Å². The molecule has 0 aliphatic rings. The van der Waals surface area contributed by atoms with Crippen molar-refractivity contribution in [1.29, 1.82) is 0 Å². The lowest BCUT2D eigenvalue weighted by molar-refractivity contribution is 0.413. The monoisotopic (exact) mass is 274 g/mol. The summed E-state index contributed by atoms with van der Waals surface area (Å²) >= 11 is 0. The zero-order valence-corrected chi connectivity index (χ0v) is 11.9. The molecular formula is C15H19BO4. The minimum Gasteiger partial charge on any atom is -0.497 e. The van der Waals surface area contributed by atoms with Gasteiger partial charge in [0.2, 0.25) is 0 Å². The van der Waals surface area contributed by atoms with Crippen molar-refractivity contribution in [3.8, 4) is 17.2 Å². The molecule has 2 rings (SSSR count). The van der Waals surface area contributed by atoms with Gasteiger partial charge in [-0.25, -0.2) is 0 Å². The van der Waals surface area contributed by atoms with Crippen molar-refractivity contribution >= 4 is 12.6 Å². The minimum absolute atomic E-state index is 0.428. The van der Waals surface area contributed by atoms with E-state index in [1.165, 1.54) is 0 Å². The molecule has 0 amide bonds. The van der Waals surface area contributed by atoms with E-state index < -0.39 is 7.12 Å². The van der Waals surface area contributed by atoms with Crippen LogP contribution in [0.3, 0.4) is 0 Å². The fourth-order valence-electron chi connectivity index (χ4n) is 1.49. The number of methoxy groups -OCH3 is 1. The zero-order chi connectivity index (χ0) is 15.0. The summed E-state index contributed by atoms with van der Waals surface area (Å²) in [6.07, 6.45) is 0. The van der Waals surface area contributed by atoms with E-state index in [9.17, 15) is 0 Å². The second-order valence-corrected chi connectivity index (χ2v) is 3.72. The van der Waals surface area contributed by atoms with Crippen LogP contribution in [0.4, 0.5) is 0 Å². The van der Waals surface area contributed by atoms with Crippen LogP contribution in [0.25, 0.3) is 0 Å². The first-order valence-corrected chi connectivity index (χ1v) is 6.47. The first kappa shape index (κ1) is 16.1. The second-order valence-electron chi connectivity index (χ2n) is 3.72. The van der Waals surface area contributed by atoms with Crippen LogP contribution < -0.4 is 14.9 Å². The zero-order valence-electron chi connectivity index (χ0n) is 11.9. The van der Waals surface area contributed by atoms with Crippen LogP contribution in [0, 0.1) is 0 Å². The van der Waals surface area contributed by atoms with Gasteiger partial charge in [-0.2, -0.15) is 0 Å². The van der Waals surface area contributed by atoms with E-state index in [2.05, 4.69) is 0 Å². The molecule has 0 aliphatic heterocycles. The molecule has 106 valence electrons. The maximum absolute atomic E-state index is 8.96. The Morgan fingerprint density at radius 1 is 0.750 bits per heavy atom. The molecule has 0 spiro atoms. The second kappa shape index (κ2) is 8.25. The fourth-order valence-corrected chi connectivity index (χ4v) is 1.49. The van der Waals surface area contributed by atoms with Crippen molar-refractivity contribution in [2.75, 3.05) is 7.11 Å². The summed E-state index contributed by atoms with van der Waals surface area (Å²) in [4.78, 5) is 0. The first-order valence-electron chi connectivity index (χ1n) is 6.47. The summed E-state index contributed by atoms with van der Waals surface area (Å²) in [6.45, 7) is 4.00. The number of ether oxygens (including phenoxy) is 2. The molecule has 0 aliphatic carbocycles. The molecule has 2 aromatic rings.